The summed E-state index contributed by atoms with van der Waals surface area (Å²) in [5.41, 5.74) is 1.72. The van der Waals surface area contributed by atoms with Crippen LogP contribution in [-0.2, 0) is 24.7 Å². The lowest BCUT2D eigenvalue weighted by Crippen LogP contribution is -2.51. The van der Waals surface area contributed by atoms with Crippen LogP contribution in [0, 0.1) is 0 Å². The van der Waals surface area contributed by atoms with Crippen molar-refractivity contribution in [2.75, 3.05) is 13.1 Å². The predicted octanol–water partition coefficient (Wildman–Crippen LogP) is 0.904. The fourth-order valence-corrected chi connectivity index (χ4v) is 7.43. The quantitative estimate of drug-likeness (QED) is 0.357. The Bertz CT molecular complexity index is 1480. The van der Waals surface area contributed by atoms with Crippen LogP contribution in [0.3, 0.4) is 0 Å². The molecule has 2 fully saturated rings. The molecule has 12 nitrogen and oxygen atoms in total. The highest BCUT2D eigenvalue weighted by atomic mass is 32.2. The molecule has 2 aliphatic rings. The van der Waals surface area contributed by atoms with E-state index in [0.29, 0.717) is 24.0 Å². The number of carbonyl (C=O) groups is 1. The lowest BCUT2D eigenvalue weighted by atomic mass is 9.95. The Morgan fingerprint density at radius 2 is 1.81 bits per heavy atom. The number of rotatable bonds is 6. The first-order valence-corrected chi connectivity index (χ1v) is 14.5. The Morgan fingerprint density at radius 1 is 1.06 bits per heavy atom. The van der Waals surface area contributed by atoms with Gasteiger partial charge in [0.1, 0.15) is 4.90 Å². The van der Waals surface area contributed by atoms with Crippen molar-refractivity contribution in [1.82, 2.24) is 31.3 Å². The lowest BCUT2D eigenvalue weighted by molar-refractivity contribution is -0.119. The molecule has 2 aromatic carbocycles. The van der Waals surface area contributed by atoms with Crippen LogP contribution in [0.25, 0.3) is 22.5 Å². The molecule has 0 spiro atoms. The number of amides is 1. The monoisotopic (exact) mass is 533 g/mol. The van der Waals surface area contributed by atoms with Gasteiger partial charge in [0, 0.05) is 19.5 Å². The van der Waals surface area contributed by atoms with Gasteiger partial charge in [0.2, 0.25) is 21.8 Å². The van der Waals surface area contributed by atoms with Gasteiger partial charge in [0.25, 0.3) is 0 Å². The van der Waals surface area contributed by atoms with Crippen LogP contribution < -0.4 is 15.8 Å². The van der Waals surface area contributed by atoms with Crippen LogP contribution in [0.5, 0.6) is 0 Å². The predicted molar refractivity (Wildman–Crippen MR) is 132 cm³/mol. The average molecular weight is 534 g/mol. The zero-order valence-electron chi connectivity index (χ0n) is 19.7. The highest BCUT2D eigenvalue weighted by Gasteiger charge is 2.38. The van der Waals surface area contributed by atoms with Crippen molar-refractivity contribution in [3.8, 4) is 22.5 Å². The highest BCUT2D eigenvalue weighted by Crippen LogP contribution is 2.40. The number of benzene rings is 2. The number of aromatic amines is 1. The Balaban J connectivity index is 0.00000148. The minimum atomic E-state index is -4.53. The van der Waals surface area contributed by atoms with E-state index in [4.69, 9.17) is 5.14 Å². The van der Waals surface area contributed by atoms with Crippen molar-refractivity contribution in [1.29, 1.82) is 0 Å². The van der Waals surface area contributed by atoms with Gasteiger partial charge in [0.15, 0.2) is 9.84 Å². The van der Waals surface area contributed by atoms with Gasteiger partial charge in [-0.2, -0.15) is 5.21 Å². The number of aromatic nitrogens is 4. The molecule has 192 valence electrons. The summed E-state index contributed by atoms with van der Waals surface area (Å²) in [6, 6.07) is 9.79. The van der Waals surface area contributed by atoms with Crippen LogP contribution in [0.15, 0.2) is 46.2 Å². The molecule has 0 radical (unpaired) electrons. The highest BCUT2D eigenvalue weighted by molar-refractivity contribution is 7.94. The first-order chi connectivity index (χ1) is 17.2. The van der Waals surface area contributed by atoms with Crippen molar-refractivity contribution < 1.29 is 21.6 Å². The van der Waals surface area contributed by atoms with Crippen molar-refractivity contribution in [2.24, 2.45) is 5.14 Å². The molecule has 5 N–H and O–H groups in total. The van der Waals surface area contributed by atoms with E-state index in [1.54, 1.807) is 12.1 Å². The van der Waals surface area contributed by atoms with Gasteiger partial charge in [-0.1, -0.05) is 38.1 Å². The van der Waals surface area contributed by atoms with E-state index in [9.17, 15) is 21.6 Å². The van der Waals surface area contributed by atoms with E-state index in [1.807, 2.05) is 26.0 Å². The third-order valence-electron chi connectivity index (χ3n) is 6.06. The SMILES string of the molecule is CC.NS(=O)(=O)c1c(S(=O)(=O)C2CNC2)ccc(-c2cccc(C3CCC(=O)N3)c2)c1-c1nn[nH]n1. The molecular formula is C22H27N7O5S2. The number of sulfonamides is 1. The van der Waals surface area contributed by atoms with E-state index in [1.165, 1.54) is 12.1 Å². The molecule has 36 heavy (non-hydrogen) atoms. The van der Waals surface area contributed by atoms with Crippen LogP contribution >= 0.6 is 0 Å². The van der Waals surface area contributed by atoms with Crippen LogP contribution in [0.1, 0.15) is 38.3 Å². The number of nitrogens with two attached hydrogens (primary N) is 1. The zero-order chi connectivity index (χ0) is 26.1. The number of nitrogens with zero attached hydrogens (tertiary/aromatic N) is 3. The molecule has 2 saturated heterocycles. The second-order valence-electron chi connectivity index (χ2n) is 8.21. The Hall–Kier alpha value is -3.20. The number of nitrogens with one attached hydrogen (secondary N) is 3. The molecule has 14 heteroatoms. The van der Waals surface area contributed by atoms with Crippen molar-refractivity contribution in [3.05, 3.63) is 42.0 Å². The minimum absolute atomic E-state index is 0.0422. The van der Waals surface area contributed by atoms with E-state index in [0.717, 1.165) is 5.56 Å². The van der Waals surface area contributed by atoms with Crippen LogP contribution in [0.4, 0.5) is 0 Å². The van der Waals surface area contributed by atoms with Gasteiger partial charge in [-0.15, -0.1) is 10.2 Å². The third kappa shape index (κ3) is 4.76. The topological polar surface area (TPSA) is 190 Å². The zero-order valence-corrected chi connectivity index (χ0v) is 21.4. The standard InChI is InChI=1S/C20H21N7O5S2.C2H6/c21-34(31,32)19-16(33(29,30)13-9-22-10-13)6-4-14(18(19)20-24-26-27-25-20)11-2-1-3-12(8-11)15-5-7-17(28)23-15;1-2/h1-4,6,8,13,15,22H,5,7,9-10H2,(H,23,28)(H2,21,31,32)(H,24,25,26,27);1-2H3. The molecular weight excluding hydrogens is 506 g/mol. The third-order valence-corrected chi connectivity index (χ3v) is 9.35. The molecule has 5 rings (SSSR count). The summed E-state index contributed by atoms with van der Waals surface area (Å²) in [4.78, 5) is 10.7. The molecule has 0 aliphatic carbocycles. The molecule has 1 aromatic heterocycles. The first kappa shape index (κ1) is 25.9. The molecule has 3 heterocycles. The number of hydrogen-bond donors (Lipinski definition) is 4. The Morgan fingerprint density at radius 3 is 2.36 bits per heavy atom. The van der Waals surface area contributed by atoms with Crippen molar-refractivity contribution in [2.45, 2.75) is 47.8 Å². The summed E-state index contributed by atoms with van der Waals surface area (Å²) < 4.78 is 52.1. The number of primary sulfonamides is 1. The second kappa shape index (κ2) is 10.0. The van der Waals surface area contributed by atoms with E-state index >= 15 is 0 Å². The van der Waals surface area contributed by atoms with E-state index < -0.39 is 34.9 Å². The molecule has 0 bridgehead atoms. The summed E-state index contributed by atoms with van der Waals surface area (Å²) in [6.45, 7) is 4.42. The fraction of sp³-hybridized carbons (Fsp3) is 0.364. The normalized spacial score (nSPS) is 18.2. The summed E-state index contributed by atoms with van der Waals surface area (Å²) in [5, 5.41) is 24.2. The minimum Gasteiger partial charge on any atom is -0.349 e. The van der Waals surface area contributed by atoms with Gasteiger partial charge in [-0.3, -0.25) is 4.79 Å². The summed E-state index contributed by atoms with van der Waals surface area (Å²) >= 11 is 0. The second-order valence-corrected chi connectivity index (χ2v) is 11.9. The number of sulfone groups is 1. The Kier molecular flexibility index (Phi) is 7.22. The summed E-state index contributed by atoms with van der Waals surface area (Å²) in [5.74, 6) is -0.151. The molecule has 1 unspecified atom stereocenters. The molecule has 0 saturated carbocycles. The van der Waals surface area contributed by atoms with Crippen molar-refractivity contribution in [3.63, 3.8) is 0 Å². The maximum absolute atomic E-state index is 13.2. The maximum Gasteiger partial charge on any atom is 0.240 e. The van der Waals surface area contributed by atoms with Gasteiger partial charge < -0.3 is 10.6 Å². The largest absolute Gasteiger partial charge is 0.349 e. The molecule has 2 aliphatic heterocycles. The summed E-state index contributed by atoms with van der Waals surface area (Å²) in [6.07, 6.45) is 1.05. The number of hydrogen-bond acceptors (Lipinski definition) is 9. The number of tetrazole rings is 1. The van der Waals surface area contributed by atoms with Crippen LogP contribution in [-0.4, -0.2) is 61.7 Å². The number of carbonyl (C=O) groups excluding carboxylic acids is 1. The summed E-state index contributed by atoms with van der Waals surface area (Å²) in [7, 11) is -8.54. The lowest BCUT2D eigenvalue weighted by Gasteiger charge is -2.28. The molecule has 1 amide bonds. The van der Waals surface area contributed by atoms with Gasteiger partial charge in [-0.25, -0.2) is 22.0 Å². The fourth-order valence-electron chi connectivity index (χ4n) is 4.25. The molecule has 1 atom stereocenters. The maximum atomic E-state index is 13.2. The van der Waals surface area contributed by atoms with Gasteiger partial charge in [0.05, 0.1) is 21.8 Å². The smallest absolute Gasteiger partial charge is 0.240 e. The average Bonchev–Trinajstić information content (AvgIpc) is 3.49. The number of H-pyrrole nitrogens is 1. The molecule has 3 aromatic rings. The van der Waals surface area contributed by atoms with Crippen molar-refractivity contribution >= 4 is 25.8 Å². The van der Waals surface area contributed by atoms with Crippen LogP contribution in [0.2, 0.25) is 0 Å². The Labute approximate surface area is 209 Å². The van der Waals surface area contributed by atoms with Gasteiger partial charge in [-0.05, 0) is 40.5 Å². The first-order valence-electron chi connectivity index (χ1n) is 11.4. The van der Waals surface area contributed by atoms with E-state index in [-0.39, 0.29) is 36.4 Å². The van der Waals surface area contributed by atoms with E-state index in [2.05, 4.69) is 31.3 Å². The van der Waals surface area contributed by atoms with Gasteiger partial charge >= 0.3 is 0 Å².